The molecule has 2 N–H and O–H groups in total. The molecule has 1 atom stereocenters. The first-order valence-electron chi connectivity index (χ1n) is 6.68. The van der Waals surface area contributed by atoms with Gasteiger partial charge in [-0.25, -0.2) is 0 Å². The van der Waals surface area contributed by atoms with Gasteiger partial charge in [-0.15, -0.1) is 10.2 Å². The molecule has 1 aromatic rings. The minimum Gasteiger partial charge on any atom is -0.379 e. The molecule has 0 amide bonds. The summed E-state index contributed by atoms with van der Waals surface area (Å²) < 4.78 is 7.38. The average molecular weight is 282 g/mol. The number of nitrogens with one attached hydrogen (secondary N) is 2. The van der Waals surface area contributed by atoms with Gasteiger partial charge in [0.2, 0.25) is 0 Å². The average Bonchev–Trinajstić information content (AvgIpc) is 2.78. The molecule has 1 heterocycles. The Morgan fingerprint density at radius 2 is 2.15 bits per heavy atom. The van der Waals surface area contributed by atoms with E-state index in [1.807, 2.05) is 11.6 Å². The molecule has 20 heavy (non-hydrogen) atoms. The highest BCUT2D eigenvalue weighted by molar-refractivity contribution is 5.79. The largest absolute Gasteiger partial charge is 0.379 e. The van der Waals surface area contributed by atoms with Crippen LogP contribution in [0.15, 0.2) is 11.3 Å². The number of nitrogens with zero attached hydrogens (tertiary/aromatic N) is 4. The number of hydrogen-bond acceptors (Lipinski definition) is 4. The summed E-state index contributed by atoms with van der Waals surface area (Å²) in [6.45, 7) is 7.72. The predicted octanol–water partition coefficient (Wildman–Crippen LogP) is 0.541. The molecule has 1 aromatic heterocycles. The zero-order valence-electron chi connectivity index (χ0n) is 13.3. The van der Waals surface area contributed by atoms with Gasteiger partial charge in [0, 0.05) is 27.7 Å². The molecule has 7 heteroatoms. The number of guanidine groups is 1. The molecule has 0 aliphatic carbocycles. The lowest BCUT2D eigenvalue weighted by Crippen LogP contribution is -2.45. The van der Waals surface area contributed by atoms with Gasteiger partial charge in [-0.05, 0) is 5.41 Å². The van der Waals surface area contributed by atoms with Crippen molar-refractivity contribution < 1.29 is 4.74 Å². The first kappa shape index (κ1) is 16.4. The normalized spacial score (nSPS) is 14.2. The van der Waals surface area contributed by atoms with E-state index in [9.17, 15) is 0 Å². The van der Waals surface area contributed by atoms with Gasteiger partial charge >= 0.3 is 0 Å². The molecular formula is C13H26N6O. The Bertz CT molecular complexity index is 434. The maximum atomic E-state index is 5.51. The second kappa shape index (κ2) is 7.23. The molecule has 7 nitrogen and oxygen atoms in total. The van der Waals surface area contributed by atoms with Gasteiger partial charge in [0.15, 0.2) is 11.8 Å². The summed E-state index contributed by atoms with van der Waals surface area (Å²) in [4.78, 5) is 4.19. The third-order valence-corrected chi connectivity index (χ3v) is 3.15. The van der Waals surface area contributed by atoms with Gasteiger partial charge in [0.05, 0.1) is 12.6 Å². The SMILES string of the molecule is CN=C(NCc1nncn1C)NCC(OC)C(C)(C)C. The molecule has 0 aliphatic rings. The van der Waals surface area contributed by atoms with Crippen LogP contribution in [0.3, 0.4) is 0 Å². The van der Waals surface area contributed by atoms with Gasteiger partial charge in [-0.1, -0.05) is 20.8 Å². The third kappa shape index (κ3) is 4.80. The number of hydrogen-bond donors (Lipinski definition) is 2. The lowest BCUT2D eigenvalue weighted by molar-refractivity contribution is 0.0205. The molecule has 0 saturated carbocycles. The van der Waals surface area contributed by atoms with E-state index in [1.165, 1.54) is 0 Å². The van der Waals surface area contributed by atoms with E-state index in [0.717, 1.165) is 11.8 Å². The number of ether oxygens (including phenoxy) is 1. The first-order chi connectivity index (χ1) is 9.38. The Balaban J connectivity index is 2.46. The first-order valence-corrected chi connectivity index (χ1v) is 6.68. The topological polar surface area (TPSA) is 76.4 Å². The standard InChI is InChI=1S/C13H26N6O/c1-13(2,3)10(20-6)7-15-12(14-4)16-8-11-18-17-9-19(11)5/h9-10H,7-8H2,1-6H3,(H2,14,15,16). The van der Waals surface area contributed by atoms with Gasteiger partial charge < -0.3 is 19.9 Å². The Morgan fingerprint density at radius 3 is 2.60 bits per heavy atom. The Kier molecular flexibility index (Phi) is 5.94. The van der Waals surface area contributed by atoms with Crippen molar-refractivity contribution in [3.8, 4) is 0 Å². The van der Waals surface area contributed by atoms with E-state index in [-0.39, 0.29) is 11.5 Å². The highest BCUT2D eigenvalue weighted by atomic mass is 16.5. The van der Waals surface area contributed by atoms with Crippen molar-refractivity contribution in [2.75, 3.05) is 20.7 Å². The van der Waals surface area contributed by atoms with Gasteiger partial charge in [0.25, 0.3) is 0 Å². The molecule has 0 spiro atoms. The smallest absolute Gasteiger partial charge is 0.191 e. The maximum Gasteiger partial charge on any atom is 0.191 e. The molecule has 0 bridgehead atoms. The van der Waals surface area contributed by atoms with Crippen LogP contribution in [0.1, 0.15) is 26.6 Å². The van der Waals surface area contributed by atoms with Crippen LogP contribution in [0.25, 0.3) is 0 Å². The molecule has 0 aromatic carbocycles. The summed E-state index contributed by atoms with van der Waals surface area (Å²) >= 11 is 0. The van der Waals surface area contributed by atoms with E-state index in [2.05, 4.69) is 46.6 Å². The lowest BCUT2D eigenvalue weighted by atomic mass is 9.89. The molecule has 114 valence electrons. The quantitative estimate of drug-likeness (QED) is 0.609. The number of aliphatic imine (C=N–C) groups is 1. The van der Waals surface area contributed by atoms with Crippen LogP contribution < -0.4 is 10.6 Å². The van der Waals surface area contributed by atoms with E-state index < -0.39 is 0 Å². The zero-order chi connectivity index (χ0) is 15.2. The second-order valence-corrected chi connectivity index (χ2v) is 5.76. The summed E-state index contributed by atoms with van der Waals surface area (Å²) in [6.07, 6.45) is 1.78. The molecular weight excluding hydrogens is 256 g/mol. The summed E-state index contributed by atoms with van der Waals surface area (Å²) in [5.74, 6) is 1.58. The van der Waals surface area contributed by atoms with Crippen LogP contribution >= 0.6 is 0 Å². The van der Waals surface area contributed by atoms with E-state index in [1.54, 1.807) is 20.5 Å². The Morgan fingerprint density at radius 1 is 1.45 bits per heavy atom. The van der Waals surface area contributed by atoms with Gasteiger partial charge in [0.1, 0.15) is 6.33 Å². The van der Waals surface area contributed by atoms with Crippen molar-refractivity contribution in [1.82, 2.24) is 25.4 Å². The van der Waals surface area contributed by atoms with Crippen LogP contribution in [0, 0.1) is 5.41 Å². The van der Waals surface area contributed by atoms with Crippen molar-refractivity contribution in [2.45, 2.75) is 33.4 Å². The molecule has 0 radical (unpaired) electrons. The van der Waals surface area contributed by atoms with Crippen LogP contribution in [0.5, 0.6) is 0 Å². The Labute approximate surface area is 120 Å². The van der Waals surface area contributed by atoms with E-state index in [4.69, 9.17) is 4.74 Å². The van der Waals surface area contributed by atoms with Crippen LogP contribution in [0.2, 0.25) is 0 Å². The molecule has 1 unspecified atom stereocenters. The summed E-state index contributed by atoms with van der Waals surface area (Å²) in [7, 11) is 5.38. The molecule has 0 saturated heterocycles. The summed E-state index contributed by atoms with van der Waals surface area (Å²) in [5, 5.41) is 14.3. The molecule has 0 fully saturated rings. The zero-order valence-corrected chi connectivity index (χ0v) is 13.3. The van der Waals surface area contributed by atoms with E-state index in [0.29, 0.717) is 13.1 Å². The highest BCUT2D eigenvalue weighted by Crippen LogP contribution is 2.20. The fourth-order valence-corrected chi connectivity index (χ4v) is 1.78. The maximum absolute atomic E-state index is 5.51. The summed E-state index contributed by atoms with van der Waals surface area (Å²) in [6, 6.07) is 0. The molecule has 0 aliphatic heterocycles. The van der Waals surface area contributed by atoms with Crippen molar-refractivity contribution >= 4 is 5.96 Å². The fraction of sp³-hybridized carbons (Fsp3) is 0.769. The van der Waals surface area contributed by atoms with Crippen LogP contribution in [0.4, 0.5) is 0 Å². The minimum atomic E-state index is 0.0736. The predicted molar refractivity (Wildman–Crippen MR) is 79.5 cm³/mol. The van der Waals surface area contributed by atoms with Gasteiger partial charge in [-0.2, -0.15) is 0 Å². The van der Waals surface area contributed by atoms with Crippen LogP contribution in [-0.2, 0) is 18.3 Å². The fourth-order valence-electron chi connectivity index (χ4n) is 1.78. The minimum absolute atomic E-state index is 0.0736. The number of aromatic nitrogens is 3. The second-order valence-electron chi connectivity index (χ2n) is 5.76. The van der Waals surface area contributed by atoms with Crippen molar-refractivity contribution in [3.63, 3.8) is 0 Å². The van der Waals surface area contributed by atoms with E-state index >= 15 is 0 Å². The van der Waals surface area contributed by atoms with Gasteiger partial charge in [-0.3, -0.25) is 4.99 Å². The summed E-state index contributed by atoms with van der Waals surface area (Å²) in [5.41, 5.74) is 0.0736. The number of methoxy groups -OCH3 is 1. The van der Waals surface area contributed by atoms with Crippen molar-refractivity contribution in [2.24, 2.45) is 17.5 Å². The highest BCUT2D eigenvalue weighted by Gasteiger charge is 2.24. The number of aryl methyl sites for hydroxylation is 1. The Hall–Kier alpha value is -1.63. The van der Waals surface area contributed by atoms with Crippen LogP contribution in [-0.4, -0.2) is 47.5 Å². The van der Waals surface area contributed by atoms with Crippen molar-refractivity contribution in [3.05, 3.63) is 12.2 Å². The number of rotatable bonds is 5. The monoisotopic (exact) mass is 282 g/mol. The molecule has 1 rings (SSSR count). The third-order valence-electron chi connectivity index (χ3n) is 3.15. The van der Waals surface area contributed by atoms with Crippen molar-refractivity contribution in [1.29, 1.82) is 0 Å². The lowest BCUT2D eigenvalue weighted by Gasteiger charge is -2.30.